The predicted octanol–water partition coefficient (Wildman–Crippen LogP) is 4.78. The molecule has 3 aliphatic heterocycles. The van der Waals surface area contributed by atoms with E-state index in [1.165, 1.54) is 11.0 Å². The molecule has 4 saturated carbocycles. The van der Waals surface area contributed by atoms with Gasteiger partial charge in [0.05, 0.1) is 29.0 Å². The van der Waals surface area contributed by atoms with Crippen molar-refractivity contribution in [3.05, 3.63) is 42.5 Å². The van der Waals surface area contributed by atoms with E-state index in [0.717, 1.165) is 74.7 Å². The van der Waals surface area contributed by atoms with E-state index in [1.54, 1.807) is 14.0 Å². The molecule has 65 heavy (non-hydrogen) atoms. The molecule has 4 amide bonds. The van der Waals surface area contributed by atoms with Gasteiger partial charge in [-0.25, -0.2) is 18.2 Å². The first-order chi connectivity index (χ1) is 30.9. The van der Waals surface area contributed by atoms with Crippen LogP contribution in [0.25, 0.3) is 10.9 Å². The quantitative estimate of drug-likeness (QED) is 0.262. The number of piperidine rings is 1. The molecule has 10 atom stereocenters. The monoisotopic (exact) mass is 918 g/mol. The summed E-state index contributed by atoms with van der Waals surface area (Å²) < 4.78 is 53.0. The lowest BCUT2D eigenvalue weighted by Gasteiger charge is -2.35. The number of nitrogens with zero attached hydrogens (tertiary/aromatic N) is 3. The van der Waals surface area contributed by atoms with E-state index in [9.17, 15) is 27.6 Å². The Morgan fingerprint density at radius 1 is 1.05 bits per heavy atom. The second kappa shape index (κ2) is 17.3. The number of ether oxygens (including phenoxy) is 4. The lowest BCUT2D eigenvalue weighted by atomic mass is 9.85. The summed E-state index contributed by atoms with van der Waals surface area (Å²) in [5, 5.41) is 6.63. The standard InChI is InChI=1S/C48H66N6O10S/c1-7-30-25-48(30,44(57)52-65(59,60)47(5)17-18-47)51-41(55)36-24-32-27-54(36)43(56)40(46(2,3)4)50-45(58)64-37-22-28(37)13-9-8-10-15-34-39(33-14-11-12-16-35(33)49-42(34)62-32)63-38-23-31-21-29(38)26-53(31)19-20-61-6/h7,11-12,14,16,28-32,36-38,40H,1,8-10,13,15,17-27H2,2-6H3,(H,50,58)(H,51,55)(H,52,57)/t28-,29-,30-,31-,32-,36+,37-,38-,40-,48-/m1/s1. The molecule has 1 aromatic carbocycles. The highest BCUT2D eigenvalue weighted by molar-refractivity contribution is 7.91. The lowest BCUT2D eigenvalue weighted by Crippen LogP contribution is -2.60. The van der Waals surface area contributed by atoms with E-state index < -0.39 is 73.6 Å². The number of amides is 4. The molecule has 7 aliphatic rings. The second-order valence-corrected chi connectivity index (χ2v) is 23.3. The molecule has 6 fully saturated rings. The molecule has 17 heteroatoms. The minimum atomic E-state index is -4.02. The van der Waals surface area contributed by atoms with Crippen molar-refractivity contribution in [3.8, 4) is 11.6 Å². The third-order valence-electron chi connectivity index (χ3n) is 15.3. The van der Waals surface area contributed by atoms with Crippen LogP contribution in [0.4, 0.5) is 4.79 Å². The second-order valence-electron chi connectivity index (χ2n) is 21.1. The zero-order valence-corrected chi connectivity index (χ0v) is 39.3. The summed E-state index contributed by atoms with van der Waals surface area (Å²) in [6.07, 6.45) is 7.91. The van der Waals surface area contributed by atoms with Gasteiger partial charge in [-0.15, -0.1) is 6.58 Å². The number of para-hydroxylation sites is 1. The van der Waals surface area contributed by atoms with Gasteiger partial charge >= 0.3 is 6.09 Å². The van der Waals surface area contributed by atoms with E-state index in [4.69, 9.17) is 23.9 Å². The number of pyridine rings is 1. The zero-order valence-electron chi connectivity index (χ0n) is 38.4. The van der Waals surface area contributed by atoms with Crippen molar-refractivity contribution >= 4 is 44.7 Å². The van der Waals surface area contributed by atoms with Gasteiger partial charge in [0.15, 0.2) is 0 Å². The fourth-order valence-electron chi connectivity index (χ4n) is 10.7. The van der Waals surface area contributed by atoms with Gasteiger partial charge in [0.25, 0.3) is 5.91 Å². The largest absolute Gasteiger partial charge is 0.489 e. The number of hydrogen-bond acceptors (Lipinski definition) is 12. The Balaban J connectivity index is 1.05. The van der Waals surface area contributed by atoms with Crippen LogP contribution in [-0.2, 0) is 40.3 Å². The first-order valence-electron chi connectivity index (χ1n) is 23.7. The summed E-state index contributed by atoms with van der Waals surface area (Å²) in [6, 6.07) is 6.08. The molecule has 0 unspecified atom stereocenters. The van der Waals surface area contributed by atoms with Crippen LogP contribution in [0.2, 0.25) is 0 Å². The molecular formula is C48H66N6O10S. The first kappa shape index (κ1) is 45.7. The van der Waals surface area contributed by atoms with Gasteiger partial charge in [-0.05, 0) is 81.8 Å². The van der Waals surface area contributed by atoms with Crippen LogP contribution in [0.5, 0.6) is 11.6 Å². The Bertz CT molecular complexity index is 2330. The number of rotatable bonds is 11. The van der Waals surface area contributed by atoms with Gasteiger partial charge in [-0.3, -0.25) is 24.0 Å². The van der Waals surface area contributed by atoms with Gasteiger partial charge in [0.1, 0.15) is 41.7 Å². The maximum absolute atomic E-state index is 14.9. The fourth-order valence-corrected chi connectivity index (χ4v) is 12.0. The van der Waals surface area contributed by atoms with E-state index in [0.29, 0.717) is 49.2 Å². The average Bonchev–Trinajstić information content (AvgIpc) is 4.19. The van der Waals surface area contributed by atoms with Crippen molar-refractivity contribution in [3.63, 3.8) is 0 Å². The number of fused-ring (bicyclic) bond motifs is 7. The van der Waals surface area contributed by atoms with Gasteiger partial charge in [0, 0.05) is 56.3 Å². The fraction of sp³-hybridized carbons (Fsp3) is 0.688. The Labute approximate surface area is 382 Å². The van der Waals surface area contributed by atoms with Crippen molar-refractivity contribution in [1.29, 1.82) is 0 Å². The molecule has 3 N–H and O–H groups in total. The number of nitrogens with one attached hydrogen (secondary N) is 3. The number of aromatic nitrogens is 1. The van der Waals surface area contributed by atoms with Gasteiger partial charge in [0.2, 0.25) is 27.7 Å². The summed E-state index contributed by atoms with van der Waals surface area (Å²) in [7, 11) is -2.28. The van der Waals surface area contributed by atoms with Gasteiger partial charge in [-0.1, -0.05) is 51.8 Å². The highest BCUT2D eigenvalue weighted by Crippen LogP contribution is 2.48. The molecule has 2 saturated heterocycles. The van der Waals surface area contributed by atoms with Gasteiger partial charge < -0.3 is 34.5 Å². The Morgan fingerprint density at radius 3 is 2.52 bits per heavy atom. The van der Waals surface area contributed by atoms with Gasteiger partial charge in [-0.2, -0.15) is 0 Å². The lowest BCUT2D eigenvalue weighted by molar-refractivity contribution is -0.142. The third kappa shape index (κ3) is 9.05. The maximum atomic E-state index is 14.9. The van der Waals surface area contributed by atoms with Crippen LogP contribution in [0, 0.1) is 23.2 Å². The number of methoxy groups -OCH3 is 1. The van der Waals surface area contributed by atoms with Crippen LogP contribution in [0.3, 0.4) is 0 Å². The van der Waals surface area contributed by atoms with Crippen LogP contribution >= 0.6 is 0 Å². The van der Waals surface area contributed by atoms with Crippen molar-refractivity contribution in [1.82, 2.24) is 30.1 Å². The number of alkyl carbamates (subject to hydrolysis) is 1. The number of benzene rings is 1. The van der Waals surface area contributed by atoms with E-state index in [1.807, 2.05) is 45.0 Å². The minimum Gasteiger partial charge on any atom is -0.489 e. The number of carbonyl (C=O) groups is 4. The molecule has 4 aliphatic carbocycles. The summed E-state index contributed by atoms with van der Waals surface area (Å²) in [4.78, 5) is 66.0. The molecule has 354 valence electrons. The van der Waals surface area contributed by atoms with Crippen molar-refractivity contribution in [2.24, 2.45) is 23.2 Å². The van der Waals surface area contributed by atoms with Crippen LogP contribution in [-0.4, -0.2) is 127 Å². The number of likely N-dealkylation sites (tertiary alicyclic amines) is 1. The van der Waals surface area contributed by atoms with Crippen LogP contribution < -0.4 is 24.8 Å². The highest BCUT2D eigenvalue weighted by atomic mass is 32.2. The minimum absolute atomic E-state index is 0.0132. The van der Waals surface area contributed by atoms with Crippen molar-refractivity contribution < 1.29 is 46.5 Å². The molecule has 4 bridgehead atoms. The topological polar surface area (TPSA) is 195 Å². The predicted molar refractivity (Wildman–Crippen MR) is 241 cm³/mol. The van der Waals surface area contributed by atoms with Crippen molar-refractivity contribution in [2.75, 3.05) is 33.4 Å². The highest BCUT2D eigenvalue weighted by Gasteiger charge is 2.63. The van der Waals surface area contributed by atoms with E-state index in [2.05, 4.69) is 26.8 Å². The summed E-state index contributed by atoms with van der Waals surface area (Å²) in [6.45, 7) is 13.4. The van der Waals surface area contributed by atoms with E-state index >= 15 is 0 Å². The van der Waals surface area contributed by atoms with Crippen molar-refractivity contribution in [2.45, 2.75) is 151 Å². The van der Waals surface area contributed by atoms with Crippen LogP contribution in [0.15, 0.2) is 36.9 Å². The molecule has 16 nitrogen and oxygen atoms in total. The molecule has 1 aromatic heterocycles. The summed E-state index contributed by atoms with van der Waals surface area (Å²) >= 11 is 0. The Hall–Kier alpha value is -4.48. The normalized spacial score (nSPS) is 33.3. The summed E-state index contributed by atoms with van der Waals surface area (Å²) in [5.74, 6) is -0.769. The molecule has 0 radical (unpaired) electrons. The summed E-state index contributed by atoms with van der Waals surface area (Å²) in [5.41, 5.74) is -0.826. The van der Waals surface area contributed by atoms with Crippen LogP contribution in [0.1, 0.15) is 104 Å². The number of sulfonamides is 1. The molecular weight excluding hydrogens is 853 g/mol. The Morgan fingerprint density at radius 2 is 1.83 bits per heavy atom. The smallest absolute Gasteiger partial charge is 0.408 e. The molecule has 0 spiro atoms. The molecule has 4 heterocycles. The average molecular weight is 919 g/mol. The first-order valence-corrected chi connectivity index (χ1v) is 25.2. The SMILES string of the molecule is C=C[C@@H]1C[C@]1(NC(=O)[C@@H]1C[C@@H]2CN1C(=O)[C@H](C(C)(C)C)NC(=O)O[C@@H]1C[C@H]1CCCCCc1c(nc3ccccc3c1O[C@@H]1C[C@H]3C[C@@H]1CN3CCOC)O2)C(=O)NS(=O)(=O)C1(C)CC1. The third-order valence-corrected chi connectivity index (χ3v) is 17.5. The maximum Gasteiger partial charge on any atom is 0.408 e. The number of carbonyl (C=O) groups excluding carboxylic acids is 4. The molecule has 2 aromatic rings. The Kier molecular flexibility index (Phi) is 12.2. The zero-order chi connectivity index (χ0) is 46.1. The molecule has 9 rings (SSSR count). The van der Waals surface area contributed by atoms with E-state index in [-0.39, 0.29) is 37.5 Å². The number of hydrogen-bond donors (Lipinski definition) is 3.